The minimum absolute atomic E-state index is 0.330. The molecule has 0 N–H and O–H groups in total. The van der Waals surface area contributed by atoms with Gasteiger partial charge in [-0.25, -0.2) is 4.98 Å². The van der Waals surface area contributed by atoms with Crippen molar-refractivity contribution in [2.24, 2.45) is 0 Å². The lowest BCUT2D eigenvalue weighted by Gasteiger charge is -2.32. The molecule has 0 unspecified atom stereocenters. The lowest BCUT2D eigenvalue weighted by molar-refractivity contribution is 0.00578. The molecule has 19 heavy (non-hydrogen) atoms. The summed E-state index contributed by atoms with van der Waals surface area (Å²) in [4.78, 5) is 6.44. The summed E-state index contributed by atoms with van der Waals surface area (Å²) in [6, 6.07) is 1.99. The third kappa shape index (κ3) is 2.37. The van der Waals surface area contributed by atoms with Gasteiger partial charge in [0.2, 0.25) is 0 Å². The first-order valence-electron chi connectivity index (χ1n) is 6.64. The van der Waals surface area contributed by atoms with Crippen molar-refractivity contribution in [3.63, 3.8) is 0 Å². The summed E-state index contributed by atoms with van der Waals surface area (Å²) in [7, 11) is 3.60. The second-order valence-electron chi connectivity index (χ2n) is 6.35. The summed E-state index contributed by atoms with van der Waals surface area (Å²) in [6.45, 7) is 10.3. The van der Waals surface area contributed by atoms with Gasteiger partial charge in [0.1, 0.15) is 5.82 Å². The van der Waals surface area contributed by atoms with Gasteiger partial charge in [-0.05, 0) is 46.2 Å². The molecule has 1 saturated heterocycles. The highest BCUT2D eigenvalue weighted by Crippen LogP contribution is 2.37. The highest BCUT2D eigenvalue weighted by molar-refractivity contribution is 6.64. The van der Waals surface area contributed by atoms with E-state index in [1.165, 1.54) is 0 Å². The standard InChI is InChI=1S/C14H23BN2O2/c1-10-8-9-16-12(17(6)7)11(10)15-18-13(2,3)14(4,5)19-15/h8-9H,1-7H3. The predicted molar refractivity (Wildman–Crippen MR) is 79.0 cm³/mol. The molecule has 2 rings (SSSR count). The summed E-state index contributed by atoms with van der Waals surface area (Å²) in [5.41, 5.74) is 1.50. The van der Waals surface area contributed by atoms with Gasteiger partial charge in [0.15, 0.2) is 0 Å². The minimum Gasteiger partial charge on any atom is -0.399 e. The zero-order valence-corrected chi connectivity index (χ0v) is 12.9. The van der Waals surface area contributed by atoms with Crippen LogP contribution < -0.4 is 10.4 Å². The summed E-state index contributed by atoms with van der Waals surface area (Å²) >= 11 is 0. The molecule has 0 amide bonds. The van der Waals surface area contributed by atoms with E-state index in [9.17, 15) is 0 Å². The van der Waals surface area contributed by atoms with E-state index in [4.69, 9.17) is 9.31 Å². The number of hydrogen-bond donors (Lipinski definition) is 0. The van der Waals surface area contributed by atoms with E-state index in [1.807, 2.05) is 31.3 Å². The van der Waals surface area contributed by atoms with Crippen LogP contribution in [0.2, 0.25) is 0 Å². The van der Waals surface area contributed by atoms with Crippen LogP contribution in [0.5, 0.6) is 0 Å². The summed E-state index contributed by atoms with van der Waals surface area (Å²) < 4.78 is 12.3. The number of anilines is 1. The van der Waals surface area contributed by atoms with Crippen LogP contribution in [0.4, 0.5) is 5.82 Å². The first kappa shape index (κ1) is 14.3. The molecule has 1 aromatic rings. The fourth-order valence-corrected chi connectivity index (χ4v) is 2.16. The first-order chi connectivity index (χ1) is 8.66. The van der Waals surface area contributed by atoms with E-state index < -0.39 is 0 Å². The molecule has 2 heterocycles. The molecule has 0 spiro atoms. The van der Waals surface area contributed by atoms with Crippen LogP contribution in [0, 0.1) is 6.92 Å². The third-order valence-electron chi connectivity index (χ3n) is 4.10. The molecule has 0 atom stereocenters. The fourth-order valence-electron chi connectivity index (χ4n) is 2.16. The van der Waals surface area contributed by atoms with Crippen molar-refractivity contribution in [1.29, 1.82) is 0 Å². The number of rotatable bonds is 2. The maximum absolute atomic E-state index is 6.13. The molecule has 1 aromatic heterocycles. The average molecular weight is 262 g/mol. The van der Waals surface area contributed by atoms with Gasteiger partial charge in [-0.1, -0.05) is 0 Å². The van der Waals surface area contributed by atoms with Gasteiger partial charge in [-0.3, -0.25) is 0 Å². The molecule has 104 valence electrons. The summed E-state index contributed by atoms with van der Waals surface area (Å²) in [5, 5.41) is 0. The van der Waals surface area contributed by atoms with Gasteiger partial charge in [0.05, 0.1) is 11.2 Å². The fraction of sp³-hybridized carbons (Fsp3) is 0.643. The van der Waals surface area contributed by atoms with Gasteiger partial charge in [0, 0.05) is 25.8 Å². The van der Waals surface area contributed by atoms with Crippen LogP contribution in [-0.4, -0.2) is 37.4 Å². The molecule has 5 heteroatoms. The maximum Gasteiger partial charge on any atom is 0.498 e. The monoisotopic (exact) mass is 262 g/mol. The Morgan fingerprint density at radius 1 is 1.11 bits per heavy atom. The van der Waals surface area contributed by atoms with Crippen molar-refractivity contribution in [3.8, 4) is 0 Å². The van der Waals surface area contributed by atoms with E-state index in [-0.39, 0.29) is 18.3 Å². The van der Waals surface area contributed by atoms with E-state index in [1.54, 1.807) is 0 Å². The first-order valence-corrected chi connectivity index (χ1v) is 6.64. The predicted octanol–water partition coefficient (Wildman–Crippen LogP) is 1.76. The van der Waals surface area contributed by atoms with Crippen LogP contribution in [-0.2, 0) is 9.31 Å². The van der Waals surface area contributed by atoms with Crippen LogP contribution >= 0.6 is 0 Å². The van der Waals surface area contributed by atoms with Crippen LogP contribution in [0.15, 0.2) is 12.3 Å². The topological polar surface area (TPSA) is 34.6 Å². The van der Waals surface area contributed by atoms with Crippen molar-refractivity contribution in [2.45, 2.75) is 45.8 Å². The molecule has 0 aliphatic carbocycles. The minimum atomic E-state index is -0.365. The molecule has 1 aliphatic rings. The Bertz CT molecular complexity index is 470. The van der Waals surface area contributed by atoms with Crippen molar-refractivity contribution in [2.75, 3.05) is 19.0 Å². The Balaban J connectivity index is 2.45. The number of pyridine rings is 1. The Morgan fingerprint density at radius 2 is 1.63 bits per heavy atom. The van der Waals surface area contributed by atoms with Crippen molar-refractivity contribution >= 4 is 18.4 Å². The van der Waals surface area contributed by atoms with E-state index in [0.29, 0.717) is 0 Å². The SMILES string of the molecule is Cc1ccnc(N(C)C)c1B1OC(C)(C)C(C)(C)O1. The average Bonchev–Trinajstić information content (AvgIpc) is 2.47. The Kier molecular flexibility index (Phi) is 3.39. The molecule has 0 aromatic carbocycles. The second-order valence-corrected chi connectivity index (χ2v) is 6.35. The molecular weight excluding hydrogens is 239 g/mol. The molecule has 4 nitrogen and oxygen atoms in total. The van der Waals surface area contributed by atoms with Crippen molar-refractivity contribution in [3.05, 3.63) is 17.8 Å². The molecule has 1 fully saturated rings. The Morgan fingerprint density at radius 3 is 2.11 bits per heavy atom. The number of hydrogen-bond acceptors (Lipinski definition) is 4. The normalized spacial score (nSPS) is 20.7. The van der Waals surface area contributed by atoms with Gasteiger partial charge in [-0.15, -0.1) is 0 Å². The van der Waals surface area contributed by atoms with Crippen molar-refractivity contribution < 1.29 is 9.31 Å². The van der Waals surface area contributed by atoms with E-state index >= 15 is 0 Å². The lowest BCUT2D eigenvalue weighted by Crippen LogP contribution is -2.41. The van der Waals surface area contributed by atoms with E-state index in [0.717, 1.165) is 16.8 Å². The van der Waals surface area contributed by atoms with Crippen LogP contribution in [0.25, 0.3) is 0 Å². The van der Waals surface area contributed by atoms with Gasteiger partial charge >= 0.3 is 7.12 Å². The maximum atomic E-state index is 6.13. The zero-order chi connectivity index (χ0) is 14.4. The molecule has 0 bridgehead atoms. The highest BCUT2D eigenvalue weighted by Gasteiger charge is 2.52. The van der Waals surface area contributed by atoms with Crippen LogP contribution in [0.3, 0.4) is 0 Å². The zero-order valence-electron chi connectivity index (χ0n) is 12.9. The molecule has 1 aliphatic heterocycles. The quantitative estimate of drug-likeness (QED) is 0.760. The summed E-state index contributed by atoms with van der Waals surface area (Å²) in [6.07, 6.45) is 1.82. The highest BCUT2D eigenvalue weighted by atomic mass is 16.7. The van der Waals surface area contributed by atoms with E-state index in [2.05, 4.69) is 39.6 Å². The van der Waals surface area contributed by atoms with Crippen molar-refractivity contribution in [1.82, 2.24) is 4.98 Å². The molecule has 0 radical (unpaired) electrons. The third-order valence-corrected chi connectivity index (χ3v) is 4.10. The number of aryl methyl sites for hydroxylation is 1. The lowest BCUT2D eigenvalue weighted by atomic mass is 9.76. The molecule has 0 saturated carbocycles. The Labute approximate surface area is 116 Å². The largest absolute Gasteiger partial charge is 0.498 e. The molecular formula is C14H23BN2O2. The number of aromatic nitrogens is 1. The summed E-state index contributed by atoms with van der Waals surface area (Å²) in [5.74, 6) is 0.901. The van der Waals surface area contributed by atoms with Gasteiger partial charge < -0.3 is 14.2 Å². The van der Waals surface area contributed by atoms with Crippen LogP contribution in [0.1, 0.15) is 33.3 Å². The second kappa shape index (κ2) is 4.49. The van der Waals surface area contributed by atoms with Gasteiger partial charge in [-0.2, -0.15) is 0 Å². The van der Waals surface area contributed by atoms with Gasteiger partial charge in [0.25, 0.3) is 0 Å². The number of nitrogens with zero attached hydrogens (tertiary/aromatic N) is 2. The smallest absolute Gasteiger partial charge is 0.399 e. The Hall–Kier alpha value is -1.07.